The summed E-state index contributed by atoms with van der Waals surface area (Å²) in [6.45, 7) is 0.131. The fourth-order valence-electron chi connectivity index (χ4n) is 1.68. The first kappa shape index (κ1) is 16.0. The molecular weight excluding hydrogens is 352 g/mol. The van der Waals surface area contributed by atoms with Crippen LogP contribution in [0.15, 0.2) is 47.1 Å². The Morgan fingerprint density at radius 3 is 2.64 bits per heavy atom. The molecule has 7 heteroatoms. The molecule has 1 aromatic heterocycles. The number of amides is 1. The molecular formula is C15H13BrN2O4. The molecule has 1 amide bonds. The summed E-state index contributed by atoms with van der Waals surface area (Å²) in [5.41, 5.74) is 0.881. The Balaban J connectivity index is 2.07. The van der Waals surface area contributed by atoms with Crippen LogP contribution >= 0.6 is 15.9 Å². The van der Waals surface area contributed by atoms with E-state index in [1.165, 1.54) is 19.3 Å². The lowest BCUT2D eigenvalue weighted by Crippen LogP contribution is -2.28. The summed E-state index contributed by atoms with van der Waals surface area (Å²) in [6, 6.07) is 10.6. The molecule has 0 unspecified atom stereocenters. The maximum Gasteiger partial charge on any atom is 0.415 e. The zero-order valence-electron chi connectivity index (χ0n) is 11.7. The number of benzene rings is 1. The second kappa shape index (κ2) is 7.04. The zero-order valence-corrected chi connectivity index (χ0v) is 13.3. The normalized spacial score (nSPS) is 10.1. The van der Waals surface area contributed by atoms with Crippen LogP contribution in [-0.4, -0.2) is 29.2 Å². The summed E-state index contributed by atoms with van der Waals surface area (Å²) in [5.74, 6) is -0.916. The lowest BCUT2D eigenvalue weighted by molar-refractivity contribution is 0.0695. The number of pyridine rings is 1. The van der Waals surface area contributed by atoms with Gasteiger partial charge < -0.3 is 9.84 Å². The first-order valence-electron chi connectivity index (χ1n) is 6.32. The number of aromatic carboxylic acids is 1. The van der Waals surface area contributed by atoms with Crippen molar-refractivity contribution < 1.29 is 19.4 Å². The van der Waals surface area contributed by atoms with Gasteiger partial charge in [-0.3, -0.25) is 4.90 Å². The minimum Gasteiger partial charge on any atom is -0.478 e. The quantitative estimate of drug-likeness (QED) is 0.899. The van der Waals surface area contributed by atoms with Crippen LogP contribution in [0, 0.1) is 0 Å². The van der Waals surface area contributed by atoms with Gasteiger partial charge in [0.15, 0.2) is 0 Å². The SMILES string of the molecule is CN(C(=O)OCc1ccccc1)c1cc(C(=O)O)c(Br)cn1. The van der Waals surface area contributed by atoms with Gasteiger partial charge in [0.1, 0.15) is 12.4 Å². The van der Waals surface area contributed by atoms with Crippen molar-refractivity contribution >= 4 is 33.8 Å². The summed E-state index contributed by atoms with van der Waals surface area (Å²) in [6.07, 6.45) is 0.717. The summed E-state index contributed by atoms with van der Waals surface area (Å²) in [7, 11) is 1.47. The fourth-order valence-corrected chi connectivity index (χ4v) is 2.07. The molecule has 0 aliphatic rings. The van der Waals surface area contributed by atoms with Crippen molar-refractivity contribution in [3.8, 4) is 0 Å². The van der Waals surface area contributed by atoms with Crippen LogP contribution in [-0.2, 0) is 11.3 Å². The van der Waals surface area contributed by atoms with Crippen molar-refractivity contribution in [1.29, 1.82) is 0 Å². The van der Waals surface area contributed by atoms with E-state index in [1.807, 2.05) is 30.3 Å². The van der Waals surface area contributed by atoms with E-state index in [4.69, 9.17) is 9.84 Å². The molecule has 0 saturated heterocycles. The minimum absolute atomic E-state index is 0.0210. The summed E-state index contributed by atoms with van der Waals surface area (Å²) < 4.78 is 5.51. The Morgan fingerprint density at radius 2 is 2.00 bits per heavy atom. The standard InChI is InChI=1S/C15H13BrN2O4/c1-18(13-7-11(14(19)20)12(16)8-17-13)15(21)22-9-10-5-3-2-4-6-10/h2-8H,9H2,1H3,(H,19,20). The number of nitrogens with zero attached hydrogens (tertiary/aromatic N) is 2. The monoisotopic (exact) mass is 364 g/mol. The Labute approximate surface area is 135 Å². The first-order chi connectivity index (χ1) is 10.5. The van der Waals surface area contributed by atoms with E-state index in [2.05, 4.69) is 20.9 Å². The van der Waals surface area contributed by atoms with Gasteiger partial charge in [-0.1, -0.05) is 30.3 Å². The van der Waals surface area contributed by atoms with Gasteiger partial charge in [0.25, 0.3) is 0 Å². The molecule has 0 saturated carbocycles. The molecule has 114 valence electrons. The van der Waals surface area contributed by atoms with Gasteiger partial charge >= 0.3 is 12.1 Å². The van der Waals surface area contributed by atoms with Crippen LogP contribution in [0.2, 0.25) is 0 Å². The third-order valence-electron chi connectivity index (χ3n) is 2.89. The van der Waals surface area contributed by atoms with Crippen molar-refractivity contribution in [2.24, 2.45) is 0 Å². The van der Waals surface area contributed by atoms with Gasteiger partial charge in [0.2, 0.25) is 0 Å². The Bertz CT molecular complexity index is 691. The highest BCUT2D eigenvalue weighted by atomic mass is 79.9. The second-order valence-corrected chi connectivity index (χ2v) is 5.28. The number of aromatic nitrogens is 1. The largest absolute Gasteiger partial charge is 0.478 e. The molecule has 0 aliphatic heterocycles. The molecule has 1 N–H and O–H groups in total. The third-order valence-corrected chi connectivity index (χ3v) is 3.53. The molecule has 0 aliphatic carbocycles. The average molecular weight is 365 g/mol. The number of carbonyl (C=O) groups is 2. The van der Waals surface area contributed by atoms with Crippen molar-refractivity contribution in [3.05, 3.63) is 58.2 Å². The van der Waals surface area contributed by atoms with Gasteiger partial charge in [-0.05, 0) is 27.6 Å². The summed E-state index contributed by atoms with van der Waals surface area (Å²) >= 11 is 3.10. The van der Waals surface area contributed by atoms with E-state index in [0.29, 0.717) is 4.47 Å². The van der Waals surface area contributed by atoms with E-state index in [1.54, 1.807) is 0 Å². The van der Waals surface area contributed by atoms with E-state index in [-0.39, 0.29) is 18.0 Å². The predicted octanol–water partition coefficient (Wildman–Crippen LogP) is 3.32. The third kappa shape index (κ3) is 3.82. The van der Waals surface area contributed by atoms with Gasteiger partial charge in [0, 0.05) is 13.2 Å². The molecule has 0 radical (unpaired) electrons. The van der Waals surface area contributed by atoms with Crippen LogP contribution in [0.25, 0.3) is 0 Å². The smallest absolute Gasteiger partial charge is 0.415 e. The lowest BCUT2D eigenvalue weighted by atomic mass is 10.2. The van der Waals surface area contributed by atoms with E-state index in [0.717, 1.165) is 10.5 Å². The maximum atomic E-state index is 12.0. The van der Waals surface area contributed by atoms with Crippen LogP contribution in [0.4, 0.5) is 10.6 Å². The van der Waals surface area contributed by atoms with Gasteiger partial charge in [-0.15, -0.1) is 0 Å². The maximum absolute atomic E-state index is 12.0. The van der Waals surface area contributed by atoms with E-state index >= 15 is 0 Å². The van der Waals surface area contributed by atoms with E-state index < -0.39 is 12.1 Å². The first-order valence-corrected chi connectivity index (χ1v) is 7.11. The van der Waals surface area contributed by atoms with Crippen LogP contribution in [0.3, 0.4) is 0 Å². The topological polar surface area (TPSA) is 79.7 Å². The summed E-state index contributed by atoms with van der Waals surface area (Å²) in [4.78, 5) is 28.2. The Hall–Kier alpha value is -2.41. The molecule has 0 spiro atoms. The highest BCUT2D eigenvalue weighted by molar-refractivity contribution is 9.10. The molecule has 0 bridgehead atoms. The molecule has 0 fully saturated rings. The fraction of sp³-hybridized carbons (Fsp3) is 0.133. The molecule has 22 heavy (non-hydrogen) atoms. The number of ether oxygens (including phenoxy) is 1. The highest BCUT2D eigenvalue weighted by Crippen LogP contribution is 2.21. The van der Waals surface area contributed by atoms with Gasteiger partial charge in [-0.25, -0.2) is 14.6 Å². The predicted molar refractivity (Wildman–Crippen MR) is 83.9 cm³/mol. The lowest BCUT2D eigenvalue weighted by Gasteiger charge is -2.16. The Morgan fingerprint density at radius 1 is 1.32 bits per heavy atom. The molecule has 2 rings (SSSR count). The van der Waals surface area contributed by atoms with Crippen LogP contribution in [0.1, 0.15) is 15.9 Å². The average Bonchev–Trinajstić information content (AvgIpc) is 2.53. The van der Waals surface area contributed by atoms with Crippen LogP contribution < -0.4 is 4.90 Å². The zero-order chi connectivity index (χ0) is 16.1. The number of anilines is 1. The van der Waals surface area contributed by atoms with Gasteiger partial charge in [0.05, 0.1) is 10.0 Å². The number of rotatable bonds is 4. The van der Waals surface area contributed by atoms with Crippen molar-refractivity contribution in [2.75, 3.05) is 11.9 Å². The molecule has 6 nitrogen and oxygen atoms in total. The van der Waals surface area contributed by atoms with Gasteiger partial charge in [-0.2, -0.15) is 0 Å². The molecule has 0 atom stereocenters. The van der Waals surface area contributed by atoms with Crippen molar-refractivity contribution in [3.63, 3.8) is 0 Å². The number of carboxylic acid groups (broad SMARTS) is 1. The van der Waals surface area contributed by atoms with Crippen molar-refractivity contribution in [1.82, 2.24) is 4.98 Å². The molecule has 2 aromatic rings. The Kier molecular flexibility index (Phi) is 5.11. The minimum atomic E-state index is -1.11. The number of carboxylic acids is 1. The molecule has 1 aromatic carbocycles. The van der Waals surface area contributed by atoms with Crippen LogP contribution in [0.5, 0.6) is 0 Å². The van der Waals surface area contributed by atoms with Crippen molar-refractivity contribution in [2.45, 2.75) is 6.61 Å². The second-order valence-electron chi connectivity index (χ2n) is 4.43. The number of carbonyl (C=O) groups excluding carboxylic acids is 1. The van der Waals surface area contributed by atoms with E-state index in [9.17, 15) is 9.59 Å². The number of halogens is 1. The number of hydrogen-bond donors (Lipinski definition) is 1. The number of hydrogen-bond acceptors (Lipinski definition) is 4. The highest BCUT2D eigenvalue weighted by Gasteiger charge is 2.17. The summed E-state index contributed by atoms with van der Waals surface area (Å²) in [5, 5.41) is 9.07. The molecule has 1 heterocycles.